The molecule has 0 aromatic carbocycles. The molecule has 98 valence electrons. The van der Waals surface area contributed by atoms with Crippen molar-refractivity contribution in [3.05, 3.63) is 24.2 Å². The average Bonchev–Trinajstić information content (AvgIpc) is 2.91. The molecule has 1 saturated heterocycles. The molecular weight excluding hydrogens is 234 g/mol. The van der Waals surface area contributed by atoms with E-state index in [4.69, 9.17) is 4.42 Å². The van der Waals surface area contributed by atoms with Crippen molar-refractivity contribution in [2.75, 3.05) is 33.2 Å². The first-order chi connectivity index (χ1) is 8.68. The van der Waals surface area contributed by atoms with Crippen LogP contribution < -0.4 is 5.32 Å². The van der Waals surface area contributed by atoms with Crippen LogP contribution in [0.4, 0.5) is 0 Å². The lowest BCUT2D eigenvalue weighted by Crippen LogP contribution is -2.51. The van der Waals surface area contributed by atoms with Crippen LogP contribution in [0.2, 0.25) is 0 Å². The Hall–Kier alpha value is -1.82. The van der Waals surface area contributed by atoms with E-state index in [0.717, 1.165) is 13.1 Å². The highest BCUT2D eigenvalue weighted by molar-refractivity contribution is 6.34. The molecule has 1 aliphatic rings. The quantitative estimate of drug-likeness (QED) is 0.731. The number of hydrogen-bond donors (Lipinski definition) is 1. The fraction of sp³-hybridized carbons (Fsp3) is 0.500. The first-order valence-electron chi connectivity index (χ1n) is 5.96. The van der Waals surface area contributed by atoms with Crippen LogP contribution in [0.3, 0.4) is 0 Å². The van der Waals surface area contributed by atoms with E-state index in [1.807, 2.05) is 0 Å². The molecule has 0 saturated carbocycles. The highest BCUT2D eigenvalue weighted by atomic mass is 16.3. The van der Waals surface area contributed by atoms with Crippen molar-refractivity contribution in [1.29, 1.82) is 0 Å². The number of piperazine rings is 1. The fourth-order valence-corrected chi connectivity index (χ4v) is 1.87. The van der Waals surface area contributed by atoms with Gasteiger partial charge in [0.1, 0.15) is 5.76 Å². The molecule has 2 heterocycles. The van der Waals surface area contributed by atoms with E-state index in [2.05, 4.69) is 5.32 Å². The van der Waals surface area contributed by atoms with Gasteiger partial charge in [-0.25, -0.2) is 0 Å². The Morgan fingerprint density at radius 3 is 2.78 bits per heavy atom. The van der Waals surface area contributed by atoms with Gasteiger partial charge in [-0.3, -0.25) is 9.59 Å². The van der Waals surface area contributed by atoms with Gasteiger partial charge in [0.05, 0.1) is 12.8 Å². The lowest BCUT2D eigenvalue weighted by atomic mass is 10.3. The van der Waals surface area contributed by atoms with E-state index in [1.54, 1.807) is 30.3 Å². The zero-order valence-corrected chi connectivity index (χ0v) is 10.4. The number of nitrogens with zero attached hydrogens (tertiary/aromatic N) is 2. The number of hydrogen-bond acceptors (Lipinski definition) is 4. The smallest absolute Gasteiger partial charge is 0.312 e. The van der Waals surface area contributed by atoms with Crippen molar-refractivity contribution in [3.63, 3.8) is 0 Å². The molecule has 2 amide bonds. The summed E-state index contributed by atoms with van der Waals surface area (Å²) in [5.41, 5.74) is 0. The van der Waals surface area contributed by atoms with Crippen molar-refractivity contribution in [2.24, 2.45) is 0 Å². The molecule has 1 fully saturated rings. The molecule has 1 N–H and O–H groups in total. The minimum atomic E-state index is -0.492. The average molecular weight is 251 g/mol. The topological polar surface area (TPSA) is 65.8 Å². The molecule has 1 aromatic heterocycles. The van der Waals surface area contributed by atoms with Crippen LogP contribution in [-0.2, 0) is 16.1 Å². The van der Waals surface area contributed by atoms with Crippen LogP contribution >= 0.6 is 0 Å². The van der Waals surface area contributed by atoms with Gasteiger partial charge in [-0.2, -0.15) is 0 Å². The van der Waals surface area contributed by atoms with Crippen molar-refractivity contribution in [1.82, 2.24) is 15.1 Å². The molecule has 6 heteroatoms. The third-order valence-corrected chi connectivity index (χ3v) is 2.91. The number of amides is 2. The maximum atomic E-state index is 11.9. The Kier molecular flexibility index (Phi) is 3.99. The van der Waals surface area contributed by atoms with Gasteiger partial charge in [0.25, 0.3) is 0 Å². The predicted molar refractivity (Wildman–Crippen MR) is 64.6 cm³/mol. The highest BCUT2D eigenvalue weighted by Gasteiger charge is 2.26. The zero-order valence-electron chi connectivity index (χ0n) is 10.4. The van der Waals surface area contributed by atoms with E-state index in [-0.39, 0.29) is 0 Å². The molecule has 6 nitrogen and oxygen atoms in total. The van der Waals surface area contributed by atoms with Gasteiger partial charge < -0.3 is 19.5 Å². The molecule has 18 heavy (non-hydrogen) atoms. The van der Waals surface area contributed by atoms with Crippen LogP contribution in [0.25, 0.3) is 0 Å². The first-order valence-corrected chi connectivity index (χ1v) is 5.96. The van der Waals surface area contributed by atoms with Gasteiger partial charge in [0.15, 0.2) is 0 Å². The molecule has 0 radical (unpaired) electrons. The normalized spacial score (nSPS) is 15.5. The van der Waals surface area contributed by atoms with Crippen LogP contribution in [-0.4, -0.2) is 54.8 Å². The maximum absolute atomic E-state index is 11.9. The molecule has 1 aromatic rings. The summed E-state index contributed by atoms with van der Waals surface area (Å²) in [6, 6.07) is 3.53. The molecule has 0 atom stereocenters. The van der Waals surface area contributed by atoms with E-state index in [1.165, 1.54) is 4.90 Å². The summed E-state index contributed by atoms with van der Waals surface area (Å²) in [4.78, 5) is 26.8. The number of nitrogens with one attached hydrogen (secondary N) is 1. The number of likely N-dealkylation sites (N-methyl/N-ethyl adjacent to an activating group) is 1. The van der Waals surface area contributed by atoms with Gasteiger partial charge >= 0.3 is 11.8 Å². The van der Waals surface area contributed by atoms with Crippen molar-refractivity contribution in [3.8, 4) is 0 Å². The number of carbonyl (C=O) groups is 2. The molecule has 0 unspecified atom stereocenters. The third kappa shape index (κ3) is 2.89. The Balaban J connectivity index is 1.91. The minimum Gasteiger partial charge on any atom is -0.467 e. The fourth-order valence-electron chi connectivity index (χ4n) is 1.87. The van der Waals surface area contributed by atoms with Crippen molar-refractivity contribution >= 4 is 11.8 Å². The summed E-state index contributed by atoms with van der Waals surface area (Å²) in [6.45, 7) is 2.95. The van der Waals surface area contributed by atoms with E-state index in [9.17, 15) is 9.59 Å². The summed E-state index contributed by atoms with van der Waals surface area (Å²) in [5.74, 6) is -0.266. The predicted octanol–water partition coefficient (Wildman–Crippen LogP) is -0.330. The standard InChI is InChI=1S/C12H17N3O3/c1-14(9-10-3-2-8-18-10)11(16)12(17)15-6-4-13-5-7-15/h2-3,8,13H,4-7,9H2,1H3. The van der Waals surface area contributed by atoms with Crippen LogP contribution in [0.5, 0.6) is 0 Å². The van der Waals surface area contributed by atoms with Crippen molar-refractivity contribution in [2.45, 2.75) is 6.54 Å². The lowest BCUT2D eigenvalue weighted by Gasteiger charge is -2.28. The second-order valence-corrected chi connectivity index (χ2v) is 4.28. The molecular formula is C12H17N3O3. The second kappa shape index (κ2) is 5.68. The Morgan fingerprint density at radius 2 is 2.17 bits per heavy atom. The summed E-state index contributed by atoms with van der Waals surface area (Å²) in [5, 5.41) is 3.14. The number of carbonyl (C=O) groups excluding carboxylic acids is 2. The third-order valence-electron chi connectivity index (χ3n) is 2.91. The van der Waals surface area contributed by atoms with Gasteiger partial charge in [-0.1, -0.05) is 0 Å². The largest absolute Gasteiger partial charge is 0.467 e. The van der Waals surface area contributed by atoms with Gasteiger partial charge in [-0.15, -0.1) is 0 Å². The summed E-state index contributed by atoms with van der Waals surface area (Å²) >= 11 is 0. The van der Waals surface area contributed by atoms with Gasteiger partial charge in [0.2, 0.25) is 0 Å². The first kappa shape index (κ1) is 12.6. The summed E-state index contributed by atoms with van der Waals surface area (Å²) in [6.07, 6.45) is 1.55. The van der Waals surface area contributed by atoms with Crippen LogP contribution in [0.1, 0.15) is 5.76 Å². The minimum absolute atomic E-state index is 0.309. The molecule has 1 aliphatic heterocycles. The SMILES string of the molecule is CN(Cc1ccco1)C(=O)C(=O)N1CCNCC1. The Bertz CT molecular complexity index is 410. The van der Waals surface area contributed by atoms with Gasteiger partial charge in [0, 0.05) is 33.2 Å². The van der Waals surface area contributed by atoms with E-state index >= 15 is 0 Å². The van der Waals surface area contributed by atoms with E-state index < -0.39 is 11.8 Å². The monoisotopic (exact) mass is 251 g/mol. The number of rotatable bonds is 2. The maximum Gasteiger partial charge on any atom is 0.312 e. The highest BCUT2D eigenvalue weighted by Crippen LogP contribution is 2.05. The number of furan rings is 1. The Morgan fingerprint density at radius 1 is 1.44 bits per heavy atom. The zero-order chi connectivity index (χ0) is 13.0. The molecule has 0 aliphatic carbocycles. The molecule has 0 spiro atoms. The Labute approximate surface area is 106 Å². The second-order valence-electron chi connectivity index (χ2n) is 4.28. The summed E-state index contributed by atoms with van der Waals surface area (Å²) < 4.78 is 5.15. The van der Waals surface area contributed by atoms with Gasteiger partial charge in [-0.05, 0) is 12.1 Å². The summed E-state index contributed by atoms with van der Waals surface area (Å²) in [7, 11) is 1.60. The lowest BCUT2D eigenvalue weighted by molar-refractivity contribution is -0.151. The van der Waals surface area contributed by atoms with Crippen LogP contribution in [0.15, 0.2) is 22.8 Å². The van der Waals surface area contributed by atoms with E-state index in [0.29, 0.717) is 25.4 Å². The molecule has 2 rings (SSSR count). The molecule has 0 bridgehead atoms. The van der Waals surface area contributed by atoms with Crippen molar-refractivity contribution < 1.29 is 14.0 Å². The van der Waals surface area contributed by atoms with Crippen LogP contribution in [0, 0.1) is 0 Å².